The highest BCUT2D eigenvalue weighted by Crippen LogP contribution is 2.10. The van der Waals surface area contributed by atoms with Gasteiger partial charge in [-0.25, -0.2) is 4.79 Å². The third-order valence-corrected chi connectivity index (χ3v) is 0.164. The molecule has 0 amide bonds. The second-order valence-corrected chi connectivity index (χ2v) is 0.925. The number of rotatable bonds is 0. The molecule has 0 heterocycles. The Morgan fingerprint density at radius 2 is 1.50 bits per heavy atom. The van der Waals surface area contributed by atoms with Crippen molar-refractivity contribution in [2.75, 3.05) is 0 Å². The fraction of sp³-hybridized carbons (Fsp3) is 0.250. The summed E-state index contributed by atoms with van der Waals surface area (Å²) < 4.78 is 31.6. The quantitative estimate of drug-likeness (QED) is 0.521. The van der Waals surface area contributed by atoms with Crippen LogP contribution in [0.3, 0.4) is 0 Å². The van der Waals surface area contributed by atoms with E-state index in [4.69, 9.17) is 15.0 Å². The zero-order valence-electron chi connectivity index (χ0n) is 4.51. The van der Waals surface area contributed by atoms with Crippen molar-refractivity contribution in [3.8, 4) is 12.3 Å². The van der Waals surface area contributed by atoms with Gasteiger partial charge in [-0.2, -0.15) is 13.2 Å². The van der Waals surface area contributed by atoms with E-state index in [1.54, 1.807) is 0 Å². The Hall–Kier alpha value is -1.38. The molecule has 0 aliphatic carbocycles. The Labute approximate surface area is 54.1 Å². The SMILES string of the molecule is C#CC(F)(F)F.O=C(O)O. The maximum atomic E-state index is 10.5. The summed E-state index contributed by atoms with van der Waals surface area (Å²) in [6.07, 6.45) is -2.33. The van der Waals surface area contributed by atoms with Crippen molar-refractivity contribution in [1.29, 1.82) is 0 Å². The van der Waals surface area contributed by atoms with Gasteiger partial charge in [0.2, 0.25) is 0 Å². The average Bonchev–Trinajstić information content (AvgIpc) is 1.63. The van der Waals surface area contributed by atoms with E-state index in [9.17, 15) is 13.2 Å². The number of hydrogen-bond acceptors (Lipinski definition) is 1. The van der Waals surface area contributed by atoms with Crippen molar-refractivity contribution in [3.05, 3.63) is 0 Å². The summed E-state index contributed by atoms with van der Waals surface area (Å²) >= 11 is 0. The van der Waals surface area contributed by atoms with Gasteiger partial charge >= 0.3 is 12.3 Å². The number of carboxylic acid groups (broad SMARTS) is 2. The van der Waals surface area contributed by atoms with E-state index in [1.807, 2.05) is 0 Å². The summed E-state index contributed by atoms with van der Waals surface area (Å²) in [6.45, 7) is 0. The van der Waals surface area contributed by atoms with Gasteiger partial charge < -0.3 is 10.2 Å². The lowest BCUT2D eigenvalue weighted by molar-refractivity contribution is -0.0695. The largest absolute Gasteiger partial charge is 0.503 e. The van der Waals surface area contributed by atoms with Crippen LogP contribution < -0.4 is 0 Å². The van der Waals surface area contributed by atoms with Crippen LogP contribution in [0.4, 0.5) is 18.0 Å². The summed E-state index contributed by atoms with van der Waals surface area (Å²) in [5.41, 5.74) is 0. The summed E-state index contributed by atoms with van der Waals surface area (Å²) in [5, 5.41) is 13.9. The number of hydrogen-bond donors (Lipinski definition) is 2. The van der Waals surface area contributed by atoms with Crippen LogP contribution in [-0.2, 0) is 0 Å². The Morgan fingerprint density at radius 3 is 1.50 bits per heavy atom. The molecule has 0 fully saturated rings. The smallest absolute Gasteiger partial charge is 0.450 e. The standard InChI is InChI=1S/C3HF3.CH2O3/c1-2-3(4,5)6;2-1(3)4/h1H;(H2,2,3,4). The van der Waals surface area contributed by atoms with Crippen LogP contribution in [-0.4, -0.2) is 22.5 Å². The molecule has 0 spiro atoms. The summed E-state index contributed by atoms with van der Waals surface area (Å²) in [4.78, 5) is 8.56. The van der Waals surface area contributed by atoms with Gasteiger partial charge in [0.15, 0.2) is 0 Å². The molecule has 0 saturated heterocycles. The molecule has 0 aliphatic heterocycles. The molecule has 0 radical (unpaired) electrons. The maximum absolute atomic E-state index is 10.5. The van der Waals surface area contributed by atoms with Crippen molar-refractivity contribution in [2.24, 2.45) is 0 Å². The van der Waals surface area contributed by atoms with Crippen molar-refractivity contribution >= 4 is 6.16 Å². The van der Waals surface area contributed by atoms with Gasteiger partial charge in [0.25, 0.3) is 0 Å². The van der Waals surface area contributed by atoms with Gasteiger partial charge in [-0.1, -0.05) is 0 Å². The molecule has 0 bridgehead atoms. The predicted molar refractivity (Wildman–Crippen MR) is 25.5 cm³/mol. The van der Waals surface area contributed by atoms with Crippen molar-refractivity contribution < 1.29 is 28.2 Å². The molecule has 2 N–H and O–H groups in total. The van der Waals surface area contributed by atoms with Gasteiger partial charge in [0.1, 0.15) is 0 Å². The second kappa shape index (κ2) is 4.49. The highest BCUT2D eigenvalue weighted by Gasteiger charge is 2.21. The minimum atomic E-state index is -4.43. The van der Waals surface area contributed by atoms with Crippen molar-refractivity contribution in [3.63, 3.8) is 0 Å². The minimum Gasteiger partial charge on any atom is -0.450 e. The number of carbonyl (C=O) groups is 1. The molecule has 0 aromatic carbocycles. The van der Waals surface area contributed by atoms with E-state index >= 15 is 0 Å². The highest BCUT2D eigenvalue weighted by atomic mass is 19.4. The first-order valence-corrected chi connectivity index (χ1v) is 1.76. The number of alkyl halides is 3. The van der Waals surface area contributed by atoms with E-state index in [-0.39, 0.29) is 0 Å². The van der Waals surface area contributed by atoms with Gasteiger partial charge in [0.05, 0.1) is 0 Å². The normalized spacial score (nSPS) is 8.60. The summed E-state index contributed by atoms with van der Waals surface area (Å²) in [6, 6.07) is 0. The zero-order valence-corrected chi connectivity index (χ0v) is 4.51. The topological polar surface area (TPSA) is 57.5 Å². The van der Waals surface area contributed by atoms with Crippen LogP contribution in [0.15, 0.2) is 0 Å². The maximum Gasteiger partial charge on any atom is 0.503 e. The number of halogens is 3. The van der Waals surface area contributed by atoms with Crippen LogP contribution >= 0.6 is 0 Å². The van der Waals surface area contributed by atoms with Crippen LogP contribution in [0.25, 0.3) is 0 Å². The molecule has 0 aromatic heterocycles. The van der Waals surface area contributed by atoms with Crippen LogP contribution in [0.5, 0.6) is 0 Å². The van der Waals surface area contributed by atoms with E-state index in [0.717, 1.165) is 0 Å². The molecule has 0 saturated carbocycles. The Bertz CT molecular complexity index is 139. The molecule has 0 unspecified atom stereocenters. The predicted octanol–water partition coefficient (Wildman–Crippen LogP) is 1.40. The van der Waals surface area contributed by atoms with E-state index < -0.39 is 12.3 Å². The monoisotopic (exact) mass is 156 g/mol. The lowest BCUT2D eigenvalue weighted by Crippen LogP contribution is -1.99. The molecule has 0 aliphatic rings. The minimum absolute atomic E-state index is 0.604. The third-order valence-electron chi connectivity index (χ3n) is 0.164. The van der Waals surface area contributed by atoms with Gasteiger partial charge in [-0.3, -0.25) is 0 Å². The molecule has 10 heavy (non-hydrogen) atoms. The molecular weight excluding hydrogens is 153 g/mol. The fourth-order valence-corrected chi connectivity index (χ4v) is 0. The van der Waals surface area contributed by atoms with Crippen LogP contribution in [0.1, 0.15) is 0 Å². The first-order chi connectivity index (χ1) is 4.29. The average molecular weight is 156 g/mol. The summed E-state index contributed by atoms with van der Waals surface area (Å²) in [5.74, 6) is 0.604. The van der Waals surface area contributed by atoms with Crippen LogP contribution in [0.2, 0.25) is 0 Å². The summed E-state index contributed by atoms with van der Waals surface area (Å²) in [7, 11) is 0. The zero-order chi connectivity index (χ0) is 8.78. The lowest BCUT2D eigenvalue weighted by Gasteiger charge is -1.88. The van der Waals surface area contributed by atoms with E-state index in [0.29, 0.717) is 5.92 Å². The Balaban J connectivity index is 0. The molecule has 6 heteroatoms. The first kappa shape index (κ1) is 11.4. The van der Waals surface area contributed by atoms with Crippen molar-refractivity contribution in [2.45, 2.75) is 6.18 Å². The van der Waals surface area contributed by atoms with Crippen LogP contribution in [0, 0.1) is 12.3 Å². The fourth-order valence-electron chi connectivity index (χ4n) is 0. The molecule has 0 aromatic rings. The molecular formula is C4H3F3O3. The van der Waals surface area contributed by atoms with E-state index in [2.05, 4.69) is 6.42 Å². The Kier molecular flexibility index (Phi) is 5.13. The lowest BCUT2D eigenvalue weighted by atomic mass is 10.7. The third kappa shape index (κ3) is 79.7. The molecule has 0 rings (SSSR count). The van der Waals surface area contributed by atoms with Crippen molar-refractivity contribution in [1.82, 2.24) is 0 Å². The second-order valence-electron chi connectivity index (χ2n) is 0.925. The molecule has 58 valence electrons. The van der Waals surface area contributed by atoms with Gasteiger partial charge in [-0.15, -0.1) is 6.42 Å². The highest BCUT2D eigenvalue weighted by molar-refractivity contribution is 5.53. The molecule has 3 nitrogen and oxygen atoms in total. The van der Waals surface area contributed by atoms with E-state index in [1.165, 1.54) is 0 Å². The number of terminal acetylenes is 1. The Morgan fingerprint density at radius 1 is 1.40 bits per heavy atom. The van der Waals surface area contributed by atoms with Gasteiger partial charge in [-0.05, 0) is 0 Å². The molecule has 0 atom stereocenters. The first-order valence-electron chi connectivity index (χ1n) is 1.76. The van der Waals surface area contributed by atoms with Gasteiger partial charge in [0, 0.05) is 5.92 Å².